The zero-order chi connectivity index (χ0) is 27.3. The van der Waals surface area contributed by atoms with Crippen LogP contribution in [-0.4, -0.2) is 59.6 Å². The second kappa shape index (κ2) is 10.5. The molecule has 0 radical (unpaired) electrons. The quantitative estimate of drug-likeness (QED) is 0.401. The fourth-order valence-electron chi connectivity index (χ4n) is 9.49. The molecule has 0 aromatic rings. The third-order valence-corrected chi connectivity index (χ3v) is 11.2. The van der Waals surface area contributed by atoms with E-state index in [0.717, 1.165) is 25.7 Å². The van der Waals surface area contributed by atoms with Gasteiger partial charge >= 0.3 is 17.9 Å². The van der Waals surface area contributed by atoms with Gasteiger partial charge in [0.1, 0.15) is 12.2 Å². The van der Waals surface area contributed by atoms with Crippen molar-refractivity contribution in [1.29, 1.82) is 0 Å². The summed E-state index contributed by atoms with van der Waals surface area (Å²) < 4.78 is 16.5. The highest BCUT2D eigenvalue weighted by Crippen LogP contribution is 2.69. The zero-order valence-electron chi connectivity index (χ0n) is 23.3. The van der Waals surface area contributed by atoms with Crippen molar-refractivity contribution in [1.82, 2.24) is 0 Å². The molecule has 210 valence electrons. The molecular weight excluding hydrogens is 476 g/mol. The zero-order valence-corrected chi connectivity index (χ0v) is 23.3. The van der Waals surface area contributed by atoms with Crippen molar-refractivity contribution in [3.8, 4) is 0 Å². The Kier molecular flexibility index (Phi) is 8.03. The van der Waals surface area contributed by atoms with Gasteiger partial charge in [0.05, 0.1) is 19.3 Å². The van der Waals surface area contributed by atoms with Crippen LogP contribution in [0.1, 0.15) is 86.0 Å². The van der Waals surface area contributed by atoms with E-state index in [4.69, 9.17) is 14.2 Å². The monoisotopic (exact) mass is 522 g/mol. The normalized spacial score (nSPS) is 45.6. The number of hydrogen-bond acceptors (Lipinski definition) is 8. The largest absolute Gasteiger partial charge is 0.469 e. The average molecular weight is 523 g/mol. The van der Waals surface area contributed by atoms with Crippen LogP contribution in [0.5, 0.6) is 0 Å². The third-order valence-electron chi connectivity index (χ3n) is 11.2. The number of carbonyl (C=O) groups excluding carboxylic acids is 3. The fourth-order valence-corrected chi connectivity index (χ4v) is 9.49. The average Bonchev–Trinajstić information content (AvgIpc) is 3.19. The molecule has 2 N–H and O–H groups in total. The molecule has 0 spiro atoms. The Morgan fingerprint density at radius 2 is 1.59 bits per heavy atom. The summed E-state index contributed by atoms with van der Waals surface area (Å²) in [6, 6.07) is 0. The summed E-state index contributed by atoms with van der Waals surface area (Å²) in [5, 5.41) is 23.1. The van der Waals surface area contributed by atoms with E-state index in [1.807, 2.05) is 0 Å². The van der Waals surface area contributed by atoms with Crippen LogP contribution >= 0.6 is 0 Å². The van der Waals surface area contributed by atoms with E-state index < -0.39 is 12.2 Å². The van der Waals surface area contributed by atoms with Crippen LogP contribution in [0.4, 0.5) is 0 Å². The van der Waals surface area contributed by atoms with Gasteiger partial charge in [0.2, 0.25) is 0 Å². The Bertz CT molecular complexity index is 889. The number of esters is 3. The molecule has 37 heavy (non-hydrogen) atoms. The highest BCUT2D eigenvalue weighted by atomic mass is 16.5. The van der Waals surface area contributed by atoms with Gasteiger partial charge in [0.25, 0.3) is 0 Å². The summed E-state index contributed by atoms with van der Waals surface area (Å²) >= 11 is 0. The lowest BCUT2D eigenvalue weighted by molar-refractivity contribution is -0.248. The molecule has 4 aliphatic carbocycles. The van der Waals surface area contributed by atoms with E-state index in [1.165, 1.54) is 21.0 Å². The number of methoxy groups -OCH3 is 1. The fraction of sp³-hybridized carbons (Fsp3) is 0.897. The van der Waals surface area contributed by atoms with Gasteiger partial charge in [0, 0.05) is 25.7 Å². The number of rotatable bonds is 6. The first-order valence-electron chi connectivity index (χ1n) is 14.1. The van der Waals surface area contributed by atoms with Gasteiger partial charge in [-0.25, -0.2) is 0 Å². The molecule has 4 fully saturated rings. The lowest BCUT2D eigenvalue weighted by atomic mass is 9.42. The summed E-state index contributed by atoms with van der Waals surface area (Å²) in [6.07, 6.45) is 3.24. The Balaban J connectivity index is 1.66. The molecule has 12 atom stereocenters. The molecule has 4 aliphatic rings. The van der Waals surface area contributed by atoms with Gasteiger partial charge in [-0.1, -0.05) is 20.8 Å². The highest BCUT2D eigenvalue weighted by molar-refractivity contribution is 5.69. The standard InChI is InChI=1S/C29H46O8/c1-15(7-10-24(32)35-6)19-8-9-20-25-21(14-23(29(19,20)5)37-17(3)31)28(4)12-11-18(36-16(2)30)13-22(28)26(33)27(25)34/h15,18-23,25-27,33-34H,7-14H2,1-6H3/t15-,18-,19+,20-,21-,22-,23-,25-,26-,27+,28+,29+/m0/s1. The van der Waals surface area contributed by atoms with Crippen molar-refractivity contribution < 1.29 is 38.8 Å². The van der Waals surface area contributed by atoms with Crippen LogP contribution in [0.3, 0.4) is 0 Å². The Morgan fingerprint density at radius 3 is 2.22 bits per heavy atom. The van der Waals surface area contributed by atoms with Crippen LogP contribution in [0.2, 0.25) is 0 Å². The van der Waals surface area contributed by atoms with Crippen molar-refractivity contribution in [2.75, 3.05) is 7.11 Å². The molecular formula is C29H46O8. The van der Waals surface area contributed by atoms with Crippen molar-refractivity contribution >= 4 is 17.9 Å². The number of hydrogen-bond donors (Lipinski definition) is 2. The minimum Gasteiger partial charge on any atom is -0.469 e. The summed E-state index contributed by atoms with van der Waals surface area (Å²) in [7, 11) is 1.40. The highest BCUT2D eigenvalue weighted by Gasteiger charge is 2.68. The van der Waals surface area contributed by atoms with Gasteiger partial charge in [0.15, 0.2) is 0 Å². The smallest absolute Gasteiger partial charge is 0.305 e. The molecule has 0 heterocycles. The molecule has 0 bridgehead atoms. The molecule has 0 amide bonds. The first-order chi connectivity index (χ1) is 17.3. The van der Waals surface area contributed by atoms with Gasteiger partial charge in [-0.15, -0.1) is 0 Å². The minimum absolute atomic E-state index is 0.0840. The second-order valence-electron chi connectivity index (χ2n) is 12.9. The van der Waals surface area contributed by atoms with Crippen LogP contribution in [0.25, 0.3) is 0 Å². The number of aliphatic hydroxyl groups is 2. The predicted octanol–water partition coefficient (Wildman–Crippen LogP) is 3.65. The second-order valence-corrected chi connectivity index (χ2v) is 12.9. The molecule has 0 unspecified atom stereocenters. The molecule has 0 aromatic heterocycles. The van der Waals surface area contributed by atoms with Crippen molar-refractivity contribution in [3.63, 3.8) is 0 Å². The maximum atomic E-state index is 12.3. The van der Waals surface area contributed by atoms with E-state index in [9.17, 15) is 24.6 Å². The molecule has 8 nitrogen and oxygen atoms in total. The van der Waals surface area contributed by atoms with Crippen molar-refractivity contribution in [3.05, 3.63) is 0 Å². The van der Waals surface area contributed by atoms with Crippen LogP contribution in [-0.2, 0) is 28.6 Å². The maximum absolute atomic E-state index is 12.3. The van der Waals surface area contributed by atoms with Gasteiger partial charge in [-0.2, -0.15) is 0 Å². The van der Waals surface area contributed by atoms with E-state index in [2.05, 4.69) is 20.8 Å². The lowest BCUT2D eigenvalue weighted by Crippen LogP contribution is -2.67. The van der Waals surface area contributed by atoms with Crippen LogP contribution in [0, 0.1) is 46.3 Å². The molecule has 4 rings (SSSR count). The Morgan fingerprint density at radius 1 is 0.919 bits per heavy atom. The lowest BCUT2D eigenvalue weighted by Gasteiger charge is -2.65. The molecule has 0 saturated heterocycles. The van der Waals surface area contributed by atoms with Gasteiger partial charge in [-0.3, -0.25) is 14.4 Å². The first kappa shape index (κ1) is 28.3. The van der Waals surface area contributed by atoms with Crippen LogP contribution in [0.15, 0.2) is 0 Å². The number of fused-ring (bicyclic) bond motifs is 5. The predicted molar refractivity (Wildman–Crippen MR) is 135 cm³/mol. The Hall–Kier alpha value is -1.67. The minimum atomic E-state index is -0.894. The number of aliphatic hydroxyl groups excluding tert-OH is 2. The molecule has 8 heteroatoms. The molecule has 4 saturated carbocycles. The molecule has 0 aromatic carbocycles. The maximum Gasteiger partial charge on any atom is 0.305 e. The molecule has 0 aliphatic heterocycles. The topological polar surface area (TPSA) is 119 Å². The summed E-state index contributed by atoms with van der Waals surface area (Å²) in [4.78, 5) is 35.8. The SMILES string of the molecule is COC(=O)CC[C@H](C)[C@H]1CC[C@H]2[C@@H]3[C@@H](O)[C@@H](O)[C@@H]4C[C@@H](OC(C)=O)CC[C@]4(C)[C@H]3C[C@H](OC(C)=O)[C@]12C. The summed E-state index contributed by atoms with van der Waals surface area (Å²) in [6.45, 7) is 9.46. The van der Waals surface area contributed by atoms with E-state index in [0.29, 0.717) is 25.7 Å². The van der Waals surface area contributed by atoms with E-state index in [-0.39, 0.29) is 76.5 Å². The number of carbonyl (C=O) groups is 3. The van der Waals surface area contributed by atoms with E-state index >= 15 is 0 Å². The van der Waals surface area contributed by atoms with Gasteiger partial charge in [-0.05, 0) is 85.9 Å². The first-order valence-corrected chi connectivity index (χ1v) is 14.1. The Labute approximate surface area is 220 Å². The third kappa shape index (κ3) is 4.81. The van der Waals surface area contributed by atoms with Crippen LogP contribution < -0.4 is 0 Å². The summed E-state index contributed by atoms with van der Waals surface area (Å²) in [5.41, 5.74) is -0.616. The summed E-state index contributed by atoms with van der Waals surface area (Å²) in [5.74, 6) is -0.515. The number of ether oxygens (including phenoxy) is 3. The van der Waals surface area contributed by atoms with Crippen molar-refractivity contribution in [2.24, 2.45) is 46.3 Å². The van der Waals surface area contributed by atoms with Gasteiger partial charge < -0.3 is 24.4 Å². The van der Waals surface area contributed by atoms with Crippen molar-refractivity contribution in [2.45, 2.75) is 110 Å². The van der Waals surface area contributed by atoms with E-state index in [1.54, 1.807) is 0 Å².